The number of phenolic OH excluding ortho intramolecular Hbond substituents is 1. The Hall–Kier alpha value is -2.87. The van der Waals surface area contributed by atoms with Crippen molar-refractivity contribution >= 4 is 5.97 Å². The van der Waals surface area contributed by atoms with Gasteiger partial charge in [0.05, 0.1) is 17.2 Å². The lowest BCUT2D eigenvalue weighted by molar-refractivity contribution is 0.0696. The Morgan fingerprint density at radius 3 is 2.53 bits per heavy atom. The van der Waals surface area contributed by atoms with Gasteiger partial charge in [-0.1, -0.05) is 0 Å². The number of aromatic carboxylic acids is 1. The van der Waals surface area contributed by atoms with Crippen LogP contribution < -0.4 is 0 Å². The van der Waals surface area contributed by atoms with Crippen molar-refractivity contribution in [3.63, 3.8) is 0 Å². The summed E-state index contributed by atoms with van der Waals surface area (Å²) >= 11 is 0. The van der Waals surface area contributed by atoms with Gasteiger partial charge in [-0.3, -0.25) is 0 Å². The maximum absolute atomic E-state index is 13.3. The fraction of sp³-hybridized carbons (Fsp3) is 0. The molecule has 0 atom stereocenters. The van der Waals surface area contributed by atoms with Crippen molar-refractivity contribution in [3.05, 3.63) is 53.3 Å². The zero-order valence-corrected chi connectivity index (χ0v) is 9.59. The fourth-order valence-corrected chi connectivity index (χ4v) is 1.72. The minimum atomic E-state index is -1.17. The molecule has 0 heterocycles. The van der Waals surface area contributed by atoms with Gasteiger partial charge >= 0.3 is 5.97 Å². The molecule has 0 bridgehead atoms. The maximum atomic E-state index is 13.3. The second kappa shape index (κ2) is 4.78. The van der Waals surface area contributed by atoms with Crippen molar-refractivity contribution in [2.24, 2.45) is 0 Å². The molecule has 0 aliphatic carbocycles. The van der Waals surface area contributed by atoms with Gasteiger partial charge < -0.3 is 10.2 Å². The molecule has 0 fully saturated rings. The van der Waals surface area contributed by atoms with Crippen LogP contribution in [-0.4, -0.2) is 16.2 Å². The summed E-state index contributed by atoms with van der Waals surface area (Å²) in [7, 11) is 0. The molecule has 0 aromatic heterocycles. The Kier molecular flexibility index (Phi) is 3.17. The van der Waals surface area contributed by atoms with Crippen LogP contribution in [-0.2, 0) is 0 Å². The van der Waals surface area contributed by atoms with Crippen molar-refractivity contribution in [3.8, 4) is 22.9 Å². The molecule has 0 amide bonds. The number of carbonyl (C=O) groups is 1. The zero-order valence-electron chi connectivity index (χ0n) is 9.59. The van der Waals surface area contributed by atoms with Gasteiger partial charge in [0.15, 0.2) is 0 Å². The van der Waals surface area contributed by atoms with E-state index in [2.05, 4.69) is 0 Å². The molecule has 0 saturated carbocycles. The molecule has 4 nitrogen and oxygen atoms in total. The number of hydrogen-bond acceptors (Lipinski definition) is 3. The van der Waals surface area contributed by atoms with Gasteiger partial charge in [0.1, 0.15) is 11.6 Å². The van der Waals surface area contributed by atoms with Gasteiger partial charge in [0.2, 0.25) is 0 Å². The Morgan fingerprint density at radius 2 is 1.95 bits per heavy atom. The number of nitriles is 1. The van der Waals surface area contributed by atoms with Gasteiger partial charge in [-0.25, -0.2) is 9.18 Å². The number of aromatic hydroxyl groups is 1. The summed E-state index contributed by atoms with van der Waals surface area (Å²) < 4.78 is 13.3. The molecular formula is C14H8FNO3. The highest BCUT2D eigenvalue weighted by Gasteiger charge is 2.11. The van der Waals surface area contributed by atoms with Gasteiger partial charge in [-0.15, -0.1) is 0 Å². The Morgan fingerprint density at radius 1 is 1.21 bits per heavy atom. The molecule has 0 spiro atoms. The smallest absolute Gasteiger partial charge is 0.335 e. The highest BCUT2D eigenvalue weighted by Crippen LogP contribution is 2.31. The number of carboxylic acids is 1. The van der Waals surface area contributed by atoms with Crippen LogP contribution in [0.4, 0.5) is 4.39 Å². The van der Waals surface area contributed by atoms with Gasteiger partial charge in [-0.2, -0.15) is 5.26 Å². The SMILES string of the molecule is N#Cc1cc(F)cc(-c2ccc(C(=O)O)cc2O)c1. The maximum Gasteiger partial charge on any atom is 0.335 e. The average Bonchev–Trinajstić information content (AvgIpc) is 2.37. The first-order chi connectivity index (χ1) is 9.01. The minimum absolute atomic E-state index is 0.0711. The van der Waals surface area contributed by atoms with Crippen LogP contribution >= 0.6 is 0 Å². The van der Waals surface area contributed by atoms with Crippen LogP contribution in [0.25, 0.3) is 11.1 Å². The fourth-order valence-electron chi connectivity index (χ4n) is 1.72. The minimum Gasteiger partial charge on any atom is -0.507 e. The summed E-state index contributed by atoms with van der Waals surface area (Å²) in [6.07, 6.45) is 0. The van der Waals surface area contributed by atoms with E-state index in [9.17, 15) is 14.3 Å². The number of carboxylic acid groups (broad SMARTS) is 1. The van der Waals surface area contributed by atoms with Crippen LogP contribution in [0.15, 0.2) is 36.4 Å². The normalized spacial score (nSPS) is 9.89. The molecule has 0 unspecified atom stereocenters. The summed E-state index contributed by atoms with van der Waals surface area (Å²) in [5.41, 5.74) is 0.627. The van der Waals surface area contributed by atoms with Crippen LogP contribution in [0.2, 0.25) is 0 Å². The van der Waals surface area contributed by atoms with E-state index < -0.39 is 11.8 Å². The predicted molar refractivity (Wildman–Crippen MR) is 65.2 cm³/mol. The van der Waals surface area contributed by atoms with E-state index in [4.69, 9.17) is 10.4 Å². The van der Waals surface area contributed by atoms with Crippen LogP contribution in [0.5, 0.6) is 5.75 Å². The number of phenols is 1. The molecule has 5 heteroatoms. The van der Waals surface area contributed by atoms with E-state index in [0.717, 1.165) is 18.2 Å². The molecule has 0 aliphatic rings. The molecule has 0 aliphatic heterocycles. The molecular weight excluding hydrogens is 249 g/mol. The third kappa shape index (κ3) is 2.53. The predicted octanol–water partition coefficient (Wildman–Crippen LogP) is 2.77. The summed E-state index contributed by atoms with van der Waals surface area (Å²) in [6.45, 7) is 0. The van der Waals surface area contributed by atoms with E-state index in [-0.39, 0.29) is 22.4 Å². The van der Waals surface area contributed by atoms with Crippen LogP contribution in [0.3, 0.4) is 0 Å². The number of nitrogens with zero attached hydrogens (tertiary/aromatic N) is 1. The Labute approximate surface area is 108 Å². The van der Waals surface area contributed by atoms with Crippen molar-refractivity contribution in [2.75, 3.05) is 0 Å². The highest BCUT2D eigenvalue weighted by molar-refractivity contribution is 5.89. The first-order valence-electron chi connectivity index (χ1n) is 5.28. The summed E-state index contributed by atoms with van der Waals surface area (Å²) in [4.78, 5) is 10.7. The van der Waals surface area contributed by atoms with E-state index in [1.54, 1.807) is 0 Å². The van der Waals surface area contributed by atoms with E-state index in [1.807, 2.05) is 6.07 Å². The molecule has 2 aromatic carbocycles. The van der Waals surface area contributed by atoms with Crippen molar-refractivity contribution in [1.29, 1.82) is 5.26 Å². The second-order valence-corrected chi connectivity index (χ2v) is 3.88. The van der Waals surface area contributed by atoms with Crippen LogP contribution in [0.1, 0.15) is 15.9 Å². The molecule has 2 rings (SSSR count). The lowest BCUT2D eigenvalue weighted by atomic mass is 10.0. The molecule has 2 aromatic rings. The molecule has 0 radical (unpaired) electrons. The number of hydrogen-bond donors (Lipinski definition) is 2. The van der Waals surface area contributed by atoms with Crippen molar-refractivity contribution in [1.82, 2.24) is 0 Å². The lowest BCUT2D eigenvalue weighted by Crippen LogP contribution is -1.95. The van der Waals surface area contributed by atoms with E-state index in [1.165, 1.54) is 18.2 Å². The van der Waals surface area contributed by atoms with E-state index in [0.29, 0.717) is 5.56 Å². The van der Waals surface area contributed by atoms with Crippen LogP contribution in [0, 0.1) is 17.1 Å². The topological polar surface area (TPSA) is 81.3 Å². The number of rotatable bonds is 2. The summed E-state index contributed by atoms with van der Waals surface area (Å²) in [6, 6.07) is 9.21. The molecule has 19 heavy (non-hydrogen) atoms. The monoisotopic (exact) mass is 257 g/mol. The summed E-state index contributed by atoms with van der Waals surface area (Å²) in [5, 5.41) is 27.3. The molecule has 2 N–H and O–H groups in total. The standard InChI is InChI=1S/C14H8FNO3/c15-11-4-8(7-16)3-10(5-11)12-2-1-9(14(18)19)6-13(12)17/h1-6,17H,(H,18,19). The summed E-state index contributed by atoms with van der Waals surface area (Å²) in [5.74, 6) is -2.05. The number of halogens is 1. The number of benzene rings is 2. The van der Waals surface area contributed by atoms with Crippen molar-refractivity contribution < 1.29 is 19.4 Å². The third-order valence-electron chi connectivity index (χ3n) is 2.58. The van der Waals surface area contributed by atoms with Gasteiger partial charge in [0, 0.05) is 5.56 Å². The first kappa shape index (κ1) is 12.6. The van der Waals surface area contributed by atoms with Gasteiger partial charge in [0.25, 0.3) is 0 Å². The molecule has 94 valence electrons. The quantitative estimate of drug-likeness (QED) is 0.866. The highest BCUT2D eigenvalue weighted by atomic mass is 19.1. The Balaban J connectivity index is 2.57. The largest absolute Gasteiger partial charge is 0.507 e. The average molecular weight is 257 g/mol. The first-order valence-corrected chi connectivity index (χ1v) is 5.28. The van der Waals surface area contributed by atoms with E-state index >= 15 is 0 Å². The lowest BCUT2D eigenvalue weighted by Gasteiger charge is -2.06. The second-order valence-electron chi connectivity index (χ2n) is 3.88. The third-order valence-corrected chi connectivity index (χ3v) is 2.58. The Bertz CT molecular complexity index is 704. The molecule has 0 saturated heterocycles. The zero-order chi connectivity index (χ0) is 14.0. The van der Waals surface area contributed by atoms with Crippen molar-refractivity contribution in [2.45, 2.75) is 0 Å². The van der Waals surface area contributed by atoms with Gasteiger partial charge in [-0.05, 0) is 42.0 Å².